The molecule has 0 aliphatic heterocycles. The number of carboxylic acid groups (broad SMARTS) is 1. The smallest absolute Gasteiger partial charge is 0.320 e. The zero-order valence-corrected chi connectivity index (χ0v) is 14.5. The van der Waals surface area contributed by atoms with Crippen LogP contribution in [-0.2, 0) is 19.2 Å². The average molecular weight is 347 g/mol. The van der Waals surface area contributed by atoms with Crippen LogP contribution in [0.3, 0.4) is 0 Å². The van der Waals surface area contributed by atoms with E-state index in [1.54, 1.807) is 0 Å². The molecule has 2 rings (SSSR count). The van der Waals surface area contributed by atoms with Crippen molar-refractivity contribution < 1.29 is 29.4 Å². The van der Waals surface area contributed by atoms with Crippen molar-refractivity contribution in [2.75, 3.05) is 0 Å². The highest BCUT2D eigenvalue weighted by atomic mass is 16.4. The molecule has 0 aromatic rings. The third kappa shape index (κ3) is 3.89. The van der Waals surface area contributed by atoms with Gasteiger partial charge in [-0.1, -0.05) is 19.1 Å². The van der Waals surface area contributed by atoms with Gasteiger partial charge in [-0.2, -0.15) is 0 Å². The average Bonchev–Trinajstić information content (AvgIpc) is 2.87. The Morgan fingerprint density at radius 3 is 2.60 bits per heavy atom. The van der Waals surface area contributed by atoms with E-state index in [9.17, 15) is 24.3 Å². The number of carbonyl (C=O) groups is 4. The van der Waals surface area contributed by atoms with E-state index in [1.807, 2.05) is 6.92 Å². The number of carboxylic acids is 1. The molecule has 6 heteroatoms. The van der Waals surface area contributed by atoms with Gasteiger partial charge in [0.2, 0.25) is 0 Å². The number of ketones is 3. The summed E-state index contributed by atoms with van der Waals surface area (Å²) < 4.78 is 0. The Morgan fingerprint density at radius 1 is 1.28 bits per heavy atom. The number of hydrogen-bond acceptors (Lipinski definition) is 5. The minimum absolute atomic E-state index is 0.0125. The van der Waals surface area contributed by atoms with E-state index >= 15 is 0 Å². The molecule has 1 N–H and O–H groups in total. The molecule has 2 saturated carbocycles. The summed E-state index contributed by atoms with van der Waals surface area (Å²) in [5.41, 5.74) is -0.156. The highest BCUT2D eigenvalue weighted by molar-refractivity contribution is 5.96. The lowest BCUT2D eigenvalue weighted by Gasteiger charge is -2.39. The Labute approximate surface area is 146 Å². The molecule has 0 heterocycles. The molecule has 0 spiro atoms. The van der Waals surface area contributed by atoms with Gasteiger partial charge in [0.05, 0.1) is 0 Å². The van der Waals surface area contributed by atoms with E-state index in [2.05, 4.69) is 0 Å². The zero-order chi connectivity index (χ0) is 18.8. The Morgan fingerprint density at radius 2 is 1.96 bits per heavy atom. The van der Waals surface area contributed by atoms with Crippen LogP contribution >= 0.6 is 0 Å². The molecule has 2 aliphatic rings. The van der Waals surface area contributed by atoms with Gasteiger partial charge >= 0.3 is 5.97 Å². The predicted molar refractivity (Wildman–Crippen MR) is 87.3 cm³/mol. The first-order valence-corrected chi connectivity index (χ1v) is 8.55. The number of allylic oxidation sites excluding steroid dienone is 3. The Kier molecular flexibility index (Phi) is 5.60. The number of hydrogen-bond donors (Lipinski definition) is 1. The van der Waals surface area contributed by atoms with Crippen LogP contribution in [0.15, 0.2) is 23.5 Å². The molecule has 0 saturated heterocycles. The molecule has 3 atom stereocenters. The summed E-state index contributed by atoms with van der Waals surface area (Å²) in [7, 11) is 0. The third-order valence-corrected chi connectivity index (χ3v) is 5.75. The van der Waals surface area contributed by atoms with Crippen molar-refractivity contribution in [2.24, 2.45) is 17.3 Å². The molecular weight excluding hydrogens is 324 g/mol. The summed E-state index contributed by atoms with van der Waals surface area (Å²) in [6.07, 6.45) is 4.79. The normalized spacial score (nSPS) is 30.3. The quantitative estimate of drug-likeness (QED) is 0.443. The lowest BCUT2D eigenvalue weighted by atomic mass is 9.62. The SMILES string of the molecule is C/C(=C/C=C(/[O-])C(=O)O)C(=O)CC[C@@H]1C(=O)CC[C@]2(C)C(=O)CC[C@@H]12. The minimum Gasteiger partial charge on any atom is -0.868 e. The maximum Gasteiger partial charge on any atom is 0.320 e. The maximum absolute atomic E-state index is 12.3. The second kappa shape index (κ2) is 7.33. The fourth-order valence-electron chi connectivity index (χ4n) is 4.07. The van der Waals surface area contributed by atoms with Gasteiger partial charge in [-0.05, 0) is 43.4 Å². The summed E-state index contributed by atoms with van der Waals surface area (Å²) in [6.45, 7) is 3.45. The second-order valence-electron chi connectivity index (χ2n) is 7.21. The van der Waals surface area contributed by atoms with Crippen LogP contribution in [0, 0.1) is 17.3 Å². The molecule has 2 fully saturated rings. The topological polar surface area (TPSA) is 112 Å². The van der Waals surface area contributed by atoms with Crippen LogP contribution in [0.25, 0.3) is 0 Å². The van der Waals surface area contributed by atoms with E-state index in [0.717, 1.165) is 6.08 Å². The molecule has 0 aromatic heterocycles. The number of rotatable bonds is 6. The minimum atomic E-state index is -1.57. The Balaban J connectivity index is 2.02. The lowest BCUT2D eigenvalue weighted by Crippen LogP contribution is -2.42. The fourth-order valence-corrected chi connectivity index (χ4v) is 4.07. The van der Waals surface area contributed by atoms with Crippen LogP contribution in [-0.4, -0.2) is 28.4 Å². The summed E-state index contributed by atoms with van der Waals surface area (Å²) in [4.78, 5) is 47.1. The van der Waals surface area contributed by atoms with E-state index in [1.165, 1.54) is 13.0 Å². The van der Waals surface area contributed by atoms with E-state index < -0.39 is 17.1 Å². The van der Waals surface area contributed by atoms with Crippen molar-refractivity contribution in [3.8, 4) is 0 Å². The predicted octanol–water partition coefficient (Wildman–Crippen LogP) is 1.58. The van der Waals surface area contributed by atoms with Gasteiger partial charge in [-0.3, -0.25) is 14.4 Å². The van der Waals surface area contributed by atoms with Crippen molar-refractivity contribution in [2.45, 2.75) is 52.4 Å². The molecule has 25 heavy (non-hydrogen) atoms. The summed E-state index contributed by atoms with van der Waals surface area (Å²) in [5, 5.41) is 19.5. The molecular formula is C19H23O6-. The van der Waals surface area contributed by atoms with Gasteiger partial charge in [0.25, 0.3) is 0 Å². The van der Waals surface area contributed by atoms with Crippen LogP contribution in [0.1, 0.15) is 52.4 Å². The van der Waals surface area contributed by atoms with Gasteiger partial charge in [-0.15, -0.1) is 0 Å². The van der Waals surface area contributed by atoms with Crippen molar-refractivity contribution in [1.29, 1.82) is 0 Å². The van der Waals surface area contributed by atoms with Crippen molar-refractivity contribution >= 4 is 23.3 Å². The summed E-state index contributed by atoms with van der Waals surface area (Å²) in [5.74, 6) is -2.80. The Hall–Kier alpha value is -2.24. The molecule has 0 radical (unpaired) electrons. The van der Waals surface area contributed by atoms with Crippen molar-refractivity contribution in [3.63, 3.8) is 0 Å². The summed E-state index contributed by atoms with van der Waals surface area (Å²) >= 11 is 0. The third-order valence-electron chi connectivity index (χ3n) is 5.75. The van der Waals surface area contributed by atoms with Crippen molar-refractivity contribution in [3.05, 3.63) is 23.5 Å². The fraction of sp³-hybridized carbons (Fsp3) is 0.579. The number of carbonyl (C=O) groups excluding carboxylic acids is 3. The monoisotopic (exact) mass is 347 g/mol. The molecule has 6 nitrogen and oxygen atoms in total. The standard InChI is InChI=1S/C19H24O6/c1-11(3-6-16(22)18(24)25)14(20)7-4-12-13-5-8-17(23)19(13,2)10-9-15(12)21/h3,6,12-13,22H,4-5,7-10H2,1-2H3,(H,24,25)/p-1/b11-3-,16-6+/t12-,13-,19-/m0/s1. The number of aliphatic carboxylic acids is 1. The maximum atomic E-state index is 12.3. The van der Waals surface area contributed by atoms with Crippen LogP contribution in [0.2, 0.25) is 0 Å². The molecule has 0 unspecified atom stereocenters. The van der Waals surface area contributed by atoms with E-state index in [0.29, 0.717) is 32.1 Å². The lowest BCUT2D eigenvalue weighted by molar-refractivity contribution is -0.302. The first-order chi connectivity index (χ1) is 11.7. The van der Waals surface area contributed by atoms with Crippen LogP contribution in [0.5, 0.6) is 0 Å². The van der Waals surface area contributed by atoms with Gasteiger partial charge in [0.15, 0.2) is 5.78 Å². The molecule has 136 valence electrons. The molecule has 0 aromatic carbocycles. The summed E-state index contributed by atoms with van der Waals surface area (Å²) in [6, 6.07) is 0. The van der Waals surface area contributed by atoms with Gasteiger partial charge in [-0.25, -0.2) is 4.79 Å². The molecule has 0 bridgehead atoms. The Bertz CT molecular complexity index is 671. The first kappa shape index (κ1) is 19.1. The molecule has 0 amide bonds. The van der Waals surface area contributed by atoms with Gasteiger partial charge < -0.3 is 10.2 Å². The highest BCUT2D eigenvalue weighted by Gasteiger charge is 2.53. The van der Waals surface area contributed by atoms with Crippen LogP contribution in [0.4, 0.5) is 0 Å². The second-order valence-corrected chi connectivity index (χ2v) is 7.21. The largest absolute Gasteiger partial charge is 0.868 e. The highest BCUT2D eigenvalue weighted by Crippen LogP contribution is 2.52. The number of fused-ring (bicyclic) bond motifs is 1. The van der Waals surface area contributed by atoms with Crippen molar-refractivity contribution in [1.82, 2.24) is 0 Å². The zero-order valence-electron chi connectivity index (χ0n) is 14.5. The number of Topliss-reactive ketones (excluding diaryl/α,β-unsaturated/α-hetero) is 3. The molecule has 2 aliphatic carbocycles. The first-order valence-electron chi connectivity index (χ1n) is 8.55. The van der Waals surface area contributed by atoms with E-state index in [4.69, 9.17) is 5.11 Å². The van der Waals surface area contributed by atoms with Gasteiger partial charge in [0.1, 0.15) is 11.6 Å². The van der Waals surface area contributed by atoms with E-state index in [-0.39, 0.29) is 41.2 Å². The van der Waals surface area contributed by atoms with Gasteiger partial charge in [0, 0.05) is 30.6 Å². The van der Waals surface area contributed by atoms with Crippen LogP contribution < -0.4 is 5.11 Å².